The van der Waals surface area contributed by atoms with Crippen molar-refractivity contribution in [2.45, 2.75) is 0 Å². The molecule has 0 saturated carbocycles. The summed E-state index contributed by atoms with van der Waals surface area (Å²) in [5.41, 5.74) is 2.38. The van der Waals surface area contributed by atoms with Crippen molar-refractivity contribution in [2.75, 3.05) is 7.05 Å². The summed E-state index contributed by atoms with van der Waals surface area (Å²) in [5.74, 6) is 6.14. The predicted octanol–water partition coefficient (Wildman–Crippen LogP) is 0.773. The molecule has 60 valence electrons. The topological polar surface area (TPSA) is 63.5 Å². The molecule has 0 saturated heterocycles. The zero-order chi connectivity index (χ0) is 8.27. The van der Waals surface area contributed by atoms with Crippen molar-refractivity contribution < 1.29 is 4.42 Å². The molecule has 0 radical (unpaired) electrons. The van der Waals surface area contributed by atoms with Crippen LogP contribution in [0.2, 0.25) is 5.22 Å². The summed E-state index contributed by atoms with van der Waals surface area (Å²) in [4.78, 5) is 3.82. The molecule has 0 aliphatic rings. The van der Waals surface area contributed by atoms with E-state index in [0.29, 0.717) is 16.8 Å². The first-order valence-electron chi connectivity index (χ1n) is 2.97. The molecule has 11 heavy (non-hydrogen) atoms. The molecule has 4 nitrogen and oxygen atoms in total. The molecule has 0 spiro atoms. The zero-order valence-corrected chi connectivity index (χ0v) is 6.72. The van der Waals surface area contributed by atoms with E-state index >= 15 is 0 Å². The minimum absolute atomic E-state index is 0.316. The maximum absolute atomic E-state index is 5.53. The minimum atomic E-state index is 0.316. The number of amidine groups is 1. The van der Waals surface area contributed by atoms with Crippen LogP contribution in [-0.2, 0) is 0 Å². The first kappa shape index (κ1) is 8.10. The van der Waals surface area contributed by atoms with Crippen LogP contribution in [0.5, 0.6) is 0 Å². The van der Waals surface area contributed by atoms with E-state index in [-0.39, 0.29) is 0 Å². The van der Waals surface area contributed by atoms with Crippen molar-refractivity contribution in [1.29, 1.82) is 0 Å². The Bertz CT molecular complexity index is 269. The number of halogens is 1. The van der Waals surface area contributed by atoms with Gasteiger partial charge in [0.25, 0.3) is 0 Å². The van der Waals surface area contributed by atoms with Gasteiger partial charge >= 0.3 is 0 Å². The van der Waals surface area contributed by atoms with Gasteiger partial charge in [0.1, 0.15) is 0 Å². The van der Waals surface area contributed by atoms with Gasteiger partial charge in [0.05, 0.1) is 0 Å². The number of hydrogen-bond acceptors (Lipinski definition) is 3. The molecule has 0 bridgehead atoms. The van der Waals surface area contributed by atoms with Crippen molar-refractivity contribution in [3.05, 3.63) is 23.1 Å². The van der Waals surface area contributed by atoms with E-state index in [2.05, 4.69) is 10.4 Å². The Balaban J connectivity index is 2.91. The van der Waals surface area contributed by atoms with Crippen LogP contribution in [0, 0.1) is 0 Å². The van der Waals surface area contributed by atoms with Crippen LogP contribution in [0.25, 0.3) is 0 Å². The van der Waals surface area contributed by atoms with Crippen LogP contribution < -0.4 is 11.3 Å². The highest BCUT2D eigenvalue weighted by molar-refractivity contribution is 6.29. The molecule has 3 N–H and O–H groups in total. The van der Waals surface area contributed by atoms with E-state index in [9.17, 15) is 0 Å². The van der Waals surface area contributed by atoms with Crippen molar-refractivity contribution in [1.82, 2.24) is 5.43 Å². The third kappa shape index (κ3) is 1.72. The third-order valence-electron chi connectivity index (χ3n) is 1.17. The molecule has 1 rings (SSSR count). The van der Waals surface area contributed by atoms with Crippen molar-refractivity contribution in [3.63, 3.8) is 0 Å². The summed E-state index contributed by atoms with van der Waals surface area (Å²) in [6.07, 6.45) is 0. The molecule has 5 heteroatoms. The Morgan fingerprint density at radius 2 is 2.45 bits per heavy atom. The van der Waals surface area contributed by atoms with Gasteiger partial charge in [-0.25, -0.2) is 5.84 Å². The standard InChI is InChI=1S/C6H8ClN3O/c1-9-6(10-8)4-2-3-5(7)11-4/h2-3H,8H2,1H3,(H,9,10). The molecule has 0 aliphatic heterocycles. The van der Waals surface area contributed by atoms with Gasteiger partial charge in [-0.3, -0.25) is 4.99 Å². The Kier molecular flexibility index (Phi) is 2.51. The monoisotopic (exact) mass is 173 g/mol. The Morgan fingerprint density at radius 1 is 1.73 bits per heavy atom. The second kappa shape index (κ2) is 3.41. The average molecular weight is 174 g/mol. The lowest BCUT2D eigenvalue weighted by Gasteiger charge is -1.97. The largest absolute Gasteiger partial charge is 0.441 e. The van der Waals surface area contributed by atoms with Crippen LogP contribution in [0.3, 0.4) is 0 Å². The first-order chi connectivity index (χ1) is 5.27. The van der Waals surface area contributed by atoms with Crippen LogP contribution >= 0.6 is 11.6 Å². The fourth-order valence-electron chi connectivity index (χ4n) is 0.687. The number of hydrazine groups is 1. The lowest BCUT2D eigenvalue weighted by Crippen LogP contribution is -2.30. The number of furan rings is 1. The number of nitrogens with zero attached hydrogens (tertiary/aromatic N) is 1. The Labute approximate surface area is 69.0 Å². The fraction of sp³-hybridized carbons (Fsp3) is 0.167. The second-order valence-electron chi connectivity index (χ2n) is 1.82. The highest BCUT2D eigenvalue weighted by atomic mass is 35.5. The van der Waals surface area contributed by atoms with Crippen LogP contribution in [0.15, 0.2) is 21.5 Å². The van der Waals surface area contributed by atoms with Crippen molar-refractivity contribution in [2.24, 2.45) is 10.8 Å². The normalized spacial score (nSPS) is 11.7. The molecule has 1 aromatic rings. The molecule has 0 fully saturated rings. The molecule has 0 unspecified atom stereocenters. The van der Waals surface area contributed by atoms with Gasteiger partial charge in [0.2, 0.25) is 0 Å². The van der Waals surface area contributed by atoms with Gasteiger partial charge in [-0.2, -0.15) is 0 Å². The molecule has 1 heterocycles. The van der Waals surface area contributed by atoms with Crippen molar-refractivity contribution >= 4 is 17.4 Å². The number of hydrogen-bond donors (Lipinski definition) is 2. The lowest BCUT2D eigenvalue weighted by molar-refractivity contribution is 0.555. The third-order valence-corrected chi connectivity index (χ3v) is 1.37. The summed E-state index contributed by atoms with van der Waals surface area (Å²) >= 11 is 5.53. The number of aliphatic imine (C=N–C) groups is 1. The molecular weight excluding hydrogens is 166 g/mol. The van der Waals surface area contributed by atoms with Crippen LogP contribution in [-0.4, -0.2) is 12.9 Å². The first-order valence-corrected chi connectivity index (χ1v) is 3.35. The highest BCUT2D eigenvalue weighted by Crippen LogP contribution is 2.12. The number of nitrogens with one attached hydrogen (secondary N) is 1. The van der Waals surface area contributed by atoms with Gasteiger partial charge in [-0.05, 0) is 23.7 Å². The molecule has 1 aromatic heterocycles. The summed E-state index contributed by atoms with van der Waals surface area (Å²) in [6.45, 7) is 0. The van der Waals surface area contributed by atoms with Gasteiger partial charge in [0, 0.05) is 7.05 Å². The van der Waals surface area contributed by atoms with E-state index in [4.69, 9.17) is 21.9 Å². The van der Waals surface area contributed by atoms with E-state index in [1.54, 1.807) is 19.2 Å². The van der Waals surface area contributed by atoms with Crippen molar-refractivity contribution in [3.8, 4) is 0 Å². The van der Waals surface area contributed by atoms with E-state index in [0.717, 1.165) is 0 Å². The van der Waals surface area contributed by atoms with Crippen LogP contribution in [0.4, 0.5) is 0 Å². The quantitative estimate of drug-likeness (QED) is 0.286. The van der Waals surface area contributed by atoms with Gasteiger partial charge in [0.15, 0.2) is 16.8 Å². The molecule has 0 amide bonds. The maximum atomic E-state index is 5.53. The van der Waals surface area contributed by atoms with Gasteiger partial charge in [-0.1, -0.05) is 0 Å². The highest BCUT2D eigenvalue weighted by Gasteiger charge is 2.04. The summed E-state index contributed by atoms with van der Waals surface area (Å²) in [6, 6.07) is 3.31. The Hall–Kier alpha value is -1.00. The number of nitrogens with two attached hydrogens (primary N) is 1. The SMILES string of the molecule is CN=C(NN)c1ccc(Cl)o1. The molecule has 0 aromatic carbocycles. The second-order valence-corrected chi connectivity index (χ2v) is 2.19. The van der Waals surface area contributed by atoms with Gasteiger partial charge in [-0.15, -0.1) is 0 Å². The van der Waals surface area contributed by atoms with Crippen LogP contribution in [0.1, 0.15) is 5.76 Å². The minimum Gasteiger partial charge on any atom is -0.441 e. The fourth-order valence-corrected chi connectivity index (χ4v) is 0.834. The number of rotatable bonds is 1. The lowest BCUT2D eigenvalue weighted by atomic mass is 10.4. The molecule has 0 atom stereocenters. The van der Waals surface area contributed by atoms with E-state index < -0.39 is 0 Å². The van der Waals surface area contributed by atoms with E-state index in [1.165, 1.54) is 0 Å². The average Bonchev–Trinajstić information content (AvgIpc) is 2.39. The zero-order valence-electron chi connectivity index (χ0n) is 5.97. The molecular formula is C6H8ClN3O. The molecule has 0 aliphatic carbocycles. The summed E-state index contributed by atoms with van der Waals surface area (Å²) in [7, 11) is 1.60. The predicted molar refractivity (Wildman–Crippen MR) is 43.5 cm³/mol. The summed E-state index contributed by atoms with van der Waals surface area (Å²) in [5, 5.41) is 0.316. The summed E-state index contributed by atoms with van der Waals surface area (Å²) < 4.78 is 5.02. The maximum Gasteiger partial charge on any atom is 0.194 e. The smallest absolute Gasteiger partial charge is 0.194 e. The Morgan fingerprint density at radius 3 is 2.82 bits per heavy atom. The van der Waals surface area contributed by atoms with E-state index in [1.807, 2.05) is 0 Å². The van der Waals surface area contributed by atoms with Gasteiger partial charge < -0.3 is 9.84 Å².